The predicted molar refractivity (Wildman–Crippen MR) is 84.6 cm³/mol. The average molecular weight is 297 g/mol. The molecule has 0 bridgehead atoms. The molecule has 2 aliphatic rings. The molecule has 114 valence electrons. The standard InChI is InChI=1S/C16H19N5O/c1-12-10-13-4-2-3-5-14(13)21(12)16-18-15(11-17-19-16)20-6-8-22-9-7-20/h2-5,11-12H,6-10H2,1H3. The molecule has 0 radical (unpaired) electrons. The van der Waals surface area contributed by atoms with Crippen molar-refractivity contribution in [1.29, 1.82) is 0 Å². The van der Waals surface area contributed by atoms with Gasteiger partial charge in [-0.1, -0.05) is 18.2 Å². The summed E-state index contributed by atoms with van der Waals surface area (Å²) in [6.45, 7) is 5.38. The Morgan fingerprint density at radius 3 is 2.86 bits per heavy atom. The topological polar surface area (TPSA) is 54.4 Å². The fraction of sp³-hybridized carbons (Fsp3) is 0.438. The quantitative estimate of drug-likeness (QED) is 0.842. The van der Waals surface area contributed by atoms with Gasteiger partial charge in [-0.15, -0.1) is 5.10 Å². The number of para-hydroxylation sites is 1. The summed E-state index contributed by atoms with van der Waals surface area (Å²) in [5.41, 5.74) is 2.53. The maximum atomic E-state index is 5.40. The molecule has 1 atom stereocenters. The zero-order valence-corrected chi connectivity index (χ0v) is 12.6. The van der Waals surface area contributed by atoms with Crippen LogP contribution in [-0.4, -0.2) is 47.5 Å². The maximum absolute atomic E-state index is 5.40. The Kier molecular flexibility index (Phi) is 3.38. The molecule has 0 amide bonds. The van der Waals surface area contributed by atoms with Gasteiger partial charge >= 0.3 is 0 Å². The molecule has 6 nitrogen and oxygen atoms in total. The molecule has 0 spiro atoms. The maximum Gasteiger partial charge on any atom is 0.252 e. The largest absolute Gasteiger partial charge is 0.378 e. The molecule has 1 aromatic carbocycles. The summed E-state index contributed by atoms with van der Waals surface area (Å²) in [5, 5.41) is 8.45. The molecule has 1 unspecified atom stereocenters. The molecular formula is C16H19N5O. The van der Waals surface area contributed by atoms with Crippen molar-refractivity contribution in [3.63, 3.8) is 0 Å². The number of hydrogen-bond donors (Lipinski definition) is 0. The van der Waals surface area contributed by atoms with E-state index in [1.165, 1.54) is 11.3 Å². The Hall–Kier alpha value is -2.21. The molecule has 4 rings (SSSR count). The molecule has 0 aliphatic carbocycles. The molecular weight excluding hydrogens is 278 g/mol. The minimum atomic E-state index is 0.346. The second-order valence-electron chi connectivity index (χ2n) is 5.77. The van der Waals surface area contributed by atoms with Crippen LogP contribution in [0.2, 0.25) is 0 Å². The Morgan fingerprint density at radius 1 is 1.18 bits per heavy atom. The molecule has 1 aromatic heterocycles. The van der Waals surface area contributed by atoms with Crippen LogP contribution in [0.1, 0.15) is 12.5 Å². The number of benzene rings is 1. The molecule has 6 heteroatoms. The highest BCUT2D eigenvalue weighted by molar-refractivity contribution is 5.67. The van der Waals surface area contributed by atoms with E-state index >= 15 is 0 Å². The average Bonchev–Trinajstić information content (AvgIpc) is 2.91. The summed E-state index contributed by atoms with van der Waals surface area (Å²) in [7, 11) is 0. The van der Waals surface area contributed by atoms with Crippen molar-refractivity contribution in [3.8, 4) is 0 Å². The van der Waals surface area contributed by atoms with E-state index in [1.54, 1.807) is 6.20 Å². The van der Waals surface area contributed by atoms with E-state index < -0.39 is 0 Å². The summed E-state index contributed by atoms with van der Waals surface area (Å²) in [6, 6.07) is 8.79. The monoisotopic (exact) mass is 297 g/mol. The van der Waals surface area contributed by atoms with Crippen molar-refractivity contribution in [2.75, 3.05) is 36.1 Å². The molecule has 2 aliphatic heterocycles. The van der Waals surface area contributed by atoms with Crippen molar-refractivity contribution < 1.29 is 4.74 Å². The number of ether oxygens (including phenoxy) is 1. The van der Waals surface area contributed by atoms with Crippen molar-refractivity contribution >= 4 is 17.5 Å². The van der Waals surface area contributed by atoms with E-state index in [1.807, 2.05) is 0 Å². The van der Waals surface area contributed by atoms with E-state index in [2.05, 4.69) is 51.2 Å². The Labute approximate surface area is 129 Å². The lowest BCUT2D eigenvalue weighted by Crippen LogP contribution is -2.37. The number of fused-ring (bicyclic) bond motifs is 1. The van der Waals surface area contributed by atoms with Crippen LogP contribution in [0.25, 0.3) is 0 Å². The molecule has 2 aromatic rings. The normalized spacial score (nSPS) is 21.0. The third kappa shape index (κ3) is 2.29. The fourth-order valence-corrected chi connectivity index (χ4v) is 3.20. The van der Waals surface area contributed by atoms with Crippen LogP contribution in [0.15, 0.2) is 30.5 Å². The molecule has 3 heterocycles. The molecule has 0 saturated carbocycles. The minimum Gasteiger partial charge on any atom is -0.378 e. The zero-order valence-electron chi connectivity index (χ0n) is 12.6. The number of rotatable bonds is 2. The van der Waals surface area contributed by atoms with Crippen molar-refractivity contribution in [1.82, 2.24) is 15.2 Å². The van der Waals surface area contributed by atoms with Crippen LogP contribution in [0.5, 0.6) is 0 Å². The van der Waals surface area contributed by atoms with Crippen molar-refractivity contribution in [3.05, 3.63) is 36.0 Å². The van der Waals surface area contributed by atoms with Crippen LogP contribution >= 0.6 is 0 Å². The van der Waals surface area contributed by atoms with Crippen LogP contribution in [0, 0.1) is 0 Å². The summed E-state index contributed by atoms with van der Waals surface area (Å²) in [4.78, 5) is 9.14. The Bertz CT molecular complexity index is 671. The number of aromatic nitrogens is 3. The molecule has 1 saturated heterocycles. The fourth-order valence-electron chi connectivity index (χ4n) is 3.20. The SMILES string of the molecule is CC1Cc2ccccc2N1c1nncc(N2CCOCC2)n1. The van der Waals surface area contributed by atoms with Crippen molar-refractivity contribution in [2.45, 2.75) is 19.4 Å². The second kappa shape index (κ2) is 5.53. The first-order chi connectivity index (χ1) is 10.8. The van der Waals surface area contributed by atoms with Crippen LogP contribution in [0.4, 0.5) is 17.5 Å². The van der Waals surface area contributed by atoms with Gasteiger partial charge in [0.25, 0.3) is 5.95 Å². The van der Waals surface area contributed by atoms with Crippen LogP contribution < -0.4 is 9.80 Å². The van der Waals surface area contributed by atoms with Gasteiger partial charge in [0.05, 0.1) is 19.4 Å². The Morgan fingerprint density at radius 2 is 2.00 bits per heavy atom. The van der Waals surface area contributed by atoms with Gasteiger partial charge < -0.3 is 14.5 Å². The van der Waals surface area contributed by atoms with E-state index in [4.69, 9.17) is 9.72 Å². The van der Waals surface area contributed by atoms with Crippen LogP contribution in [0.3, 0.4) is 0 Å². The third-order valence-electron chi connectivity index (χ3n) is 4.29. The summed E-state index contributed by atoms with van der Waals surface area (Å²) in [5.74, 6) is 1.56. The number of anilines is 3. The highest BCUT2D eigenvalue weighted by Gasteiger charge is 2.29. The highest BCUT2D eigenvalue weighted by atomic mass is 16.5. The number of hydrogen-bond acceptors (Lipinski definition) is 6. The van der Waals surface area contributed by atoms with Gasteiger partial charge in [0.1, 0.15) is 0 Å². The summed E-state index contributed by atoms with van der Waals surface area (Å²) < 4.78 is 5.40. The number of morpholine rings is 1. The Balaban J connectivity index is 1.68. The first kappa shape index (κ1) is 13.5. The van der Waals surface area contributed by atoms with E-state index in [0.29, 0.717) is 12.0 Å². The van der Waals surface area contributed by atoms with Gasteiger partial charge in [-0.25, -0.2) is 0 Å². The first-order valence-corrected chi connectivity index (χ1v) is 7.72. The third-order valence-corrected chi connectivity index (χ3v) is 4.29. The predicted octanol–water partition coefficient (Wildman–Crippen LogP) is 1.79. The smallest absolute Gasteiger partial charge is 0.252 e. The van der Waals surface area contributed by atoms with E-state index in [0.717, 1.165) is 38.5 Å². The van der Waals surface area contributed by atoms with Gasteiger partial charge in [-0.05, 0) is 25.0 Å². The first-order valence-electron chi connectivity index (χ1n) is 7.72. The van der Waals surface area contributed by atoms with E-state index in [-0.39, 0.29) is 0 Å². The lowest BCUT2D eigenvalue weighted by atomic mass is 10.1. The van der Waals surface area contributed by atoms with E-state index in [9.17, 15) is 0 Å². The zero-order chi connectivity index (χ0) is 14.9. The van der Waals surface area contributed by atoms with Gasteiger partial charge in [-0.2, -0.15) is 10.1 Å². The van der Waals surface area contributed by atoms with Crippen molar-refractivity contribution in [2.24, 2.45) is 0 Å². The molecule has 22 heavy (non-hydrogen) atoms. The van der Waals surface area contributed by atoms with Gasteiger partial charge in [0, 0.05) is 24.8 Å². The van der Waals surface area contributed by atoms with Gasteiger partial charge in [0.15, 0.2) is 5.82 Å². The number of nitrogens with zero attached hydrogens (tertiary/aromatic N) is 5. The summed E-state index contributed by atoms with van der Waals surface area (Å²) in [6.07, 6.45) is 2.75. The second-order valence-corrected chi connectivity index (χ2v) is 5.77. The lowest BCUT2D eigenvalue weighted by Gasteiger charge is -2.28. The lowest BCUT2D eigenvalue weighted by molar-refractivity contribution is 0.122. The summed E-state index contributed by atoms with van der Waals surface area (Å²) >= 11 is 0. The van der Waals surface area contributed by atoms with Gasteiger partial charge in [0.2, 0.25) is 0 Å². The minimum absolute atomic E-state index is 0.346. The molecule has 1 fully saturated rings. The molecule has 0 N–H and O–H groups in total. The highest BCUT2D eigenvalue weighted by Crippen LogP contribution is 2.36. The van der Waals surface area contributed by atoms with Gasteiger partial charge in [-0.3, -0.25) is 0 Å². The van der Waals surface area contributed by atoms with Crippen LogP contribution in [-0.2, 0) is 11.2 Å².